The Labute approximate surface area is 215 Å². The number of hydrogen-bond donors (Lipinski definition) is 2. The Morgan fingerprint density at radius 3 is 2.53 bits per heavy atom. The first-order valence-electron chi connectivity index (χ1n) is 11.7. The summed E-state index contributed by atoms with van der Waals surface area (Å²) in [6.45, 7) is 1.75. The molecule has 194 valence electrons. The maximum Gasteiger partial charge on any atom is 0.433 e. The molecule has 5 aromatic rings. The second kappa shape index (κ2) is 9.79. The SMILES string of the molecule is COc1ccc(-c2nc(C(=O)N[C@H](C)c3ccc4ccccc4c3)c(CN)o2)c2ccc(C(F)(F)F)nc12. The van der Waals surface area contributed by atoms with Crippen LogP contribution in [0.15, 0.2) is 71.1 Å². The number of nitrogens with one attached hydrogen (secondary N) is 1. The Morgan fingerprint density at radius 2 is 1.82 bits per heavy atom. The lowest BCUT2D eigenvalue weighted by Crippen LogP contribution is -2.28. The first-order chi connectivity index (χ1) is 18.2. The summed E-state index contributed by atoms with van der Waals surface area (Å²) in [5.74, 6) is -0.158. The third kappa shape index (κ3) is 4.66. The first-order valence-corrected chi connectivity index (χ1v) is 11.7. The number of ether oxygens (including phenoxy) is 1. The zero-order valence-corrected chi connectivity index (χ0v) is 20.5. The van der Waals surface area contributed by atoms with E-state index in [4.69, 9.17) is 14.9 Å². The minimum absolute atomic E-state index is 0.000946. The fraction of sp³-hybridized carbons (Fsp3) is 0.179. The molecule has 2 aromatic heterocycles. The van der Waals surface area contributed by atoms with Crippen molar-refractivity contribution in [3.8, 4) is 17.2 Å². The minimum Gasteiger partial charge on any atom is -0.494 e. The molecule has 0 radical (unpaired) electrons. The summed E-state index contributed by atoms with van der Waals surface area (Å²) < 4.78 is 50.9. The van der Waals surface area contributed by atoms with Crippen LogP contribution in [-0.4, -0.2) is 23.0 Å². The average molecular weight is 521 g/mol. The Bertz CT molecular complexity index is 1660. The van der Waals surface area contributed by atoms with Gasteiger partial charge in [0.1, 0.15) is 17.0 Å². The molecule has 0 aliphatic heterocycles. The van der Waals surface area contributed by atoms with Gasteiger partial charge in [-0.25, -0.2) is 9.97 Å². The number of rotatable bonds is 6. The third-order valence-electron chi connectivity index (χ3n) is 6.28. The van der Waals surface area contributed by atoms with Crippen molar-refractivity contribution < 1.29 is 27.1 Å². The van der Waals surface area contributed by atoms with Gasteiger partial charge in [-0.2, -0.15) is 13.2 Å². The zero-order valence-electron chi connectivity index (χ0n) is 20.5. The van der Waals surface area contributed by atoms with E-state index in [1.54, 1.807) is 6.07 Å². The number of fused-ring (bicyclic) bond motifs is 2. The molecule has 10 heteroatoms. The van der Waals surface area contributed by atoms with Crippen molar-refractivity contribution in [2.24, 2.45) is 5.73 Å². The van der Waals surface area contributed by atoms with Gasteiger partial charge in [-0.3, -0.25) is 4.79 Å². The molecule has 2 heterocycles. The van der Waals surface area contributed by atoms with Gasteiger partial charge in [-0.1, -0.05) is 36.4 Å². The van der Waals surface area contributed by atoms with Crippen LogP contribution in [0.3, 0.4) is 0 Å². The van der Waals surface area contributed by atoms with E-state index in [2.05, 4.69) is 15.3 Å². The van der Waals surface area contributed by atoms with Gasteiger partial charge in [0.05, 0.1) is 19.7 Å². The van der Waals surface area contributed by atoms with Crippen LogP contribution in [0.2, 0.25) is 0 Å². The van der Waals surface area contributed by atoms with Crippen molar-refractivity contribution in [1.29, 1.82) is 0 Å². The Balaban J connectivity index is 1.49. The van der Waals surface area contributed by atoms with Crippen molar-refractivity contribution in [3.63, 3.8) is 0 Å². The molecule has 0 bridgehead atoms. The van der Waals surface area contributed by atoms with Crippen molar-refractivity contribution in [2.45, 2.75) is 25.7 Å². The lowest BCUT2D eigenvalue weighted by atomic mass is 10.0. The number of benzene rings is 3. The van der Waals surface area contributed by atoms with E-state index < -0.39 is 17.8 Å². The number of amides is 1. The number of hydrogen-bond acceptors (Lipinski definition) is 6. The summed E-state index contributed by atoms with van der Waals surface area (Å²) in [4.78, 5) is 21.3. The fourth-order valence-electron chi connectivity index (χ4n) is 4.31. The number of nitrogens with two attached hydrogens (primary N) is 1. The number of oxazole rings is 1. The Hall–Kier alpha value is -4.44. The highest BCUT2D eigenvalue weighted by atomic mass is 19.4. The van der Waals surface area contributed by atoms with Gasteiger partial charge in [-0.05, 0) is 53.6 Å². The molecule has 7 nitrogen and oxygen atoms in total. The molecule has 5 rings (SSSR count). The molecule has 0 spiro atoms. The fourth-order valence-corrected chi connectivity index (χ4v) is 4.31. The van der Waals surface area contributed by atoms with E-state index in [1.165, 1.54) is 19.2 Å². The topological polar surface area (TPSA) is 103 Å². The van der Waals surface area contributed by atoms with Crippen LogP contribution in [0.1, 0.15) is 40.5 Å². The normalized spacial score (nSPS) is 12.6. The number of carbonyl (C=O) groups is 1. The van der Waals surface area contributed by atoms with Crippen LogP contribution in [0.4, 0.5) is 13.2 Å². The van der Waals surface area contributed by atoms with Crippen LogP contribution in [0, 0.1) is 0 Å². The van der Waals surface area contributed by atoms with E-state index in [-0.39, 0.29) is 41.2 Å². The summed E-state index contributed by atoms with van der Waals surface area (Å²) in [5, 5.41) is 5.38. The quantitative estimate of drug-likeness (QED) is 0.284. The molecule has 1 amide bonds. The molecule has 0 saturated heterocycles. The highest BCUT2D eigenvalue weighted by molar-refractivity contribution is 5.98. The van der Waals surface area contributed by atoms with E-state index in [1.807, 2.05) is 49.4 Å². The number of halogens is 3. The molecular formula is C28H23F3N4O3. The van der Waals surface area contributed by atoms with E-state index >= 15 is 0 Å². The van der Waals surface area contributed by atoms with Gasteiger partial charge in [0, 0.05) is 10.9 Å². The molecule has 0 aliphatic carbocycles. The largest absolute Gasteiger partial charge is 0.494 e. The second-order valence-corrected chi connectivity index (χ2v) is 8.70. The lowest BCUT2D eigenvalue weighted by Gasteiger charge is -2.14. The zero-order chi connectivity index (χ0) is 27.0. The highest BCUT2D eigenvalue weighted by Gasteiger charge is 2.33. The molecule has 1 atom stereocenters. The van der Waals surface area contributed by atoms with Crippen molar-refractivity contribution >= 4 is 27.6 Å². The summed E-state index contributed by atoms with van der Waals surface area (Å²) in [5.41, 5.74) is 6.02. The maximum absolute atomic E-state index is 13.3. The van der Waals surface area contributed by atoms with Gasteiger partial charge in [-0.15, -0.1) is 0 Å². The molecular weight excluding hydrogens is 497 g/mol. The predicted molar refractivity (Wildman–Crippen MR) is 137 cm³/mol. The summed E-state index contributed by atoms with van der Waals surface area (Å²) in [7, 11) is 1.34. The van der Waals surface area contributed by atoms with Gasteiger partial charge in [0.25, 0.3) is 5.91 Å². The lowest BCUT2D eigenvalue weighted by molar-refractivity contribution is -0.140. The van der Waals surface area contributed by atoms with E-state index in [0.717, 1.165) is 22.4 Å². The monoisotopic (exact) mass is 520 g/mol. The molecule has 0 saturated carbocycles. The number of nitrogens with zero attached hydrogens (tertiary/aromatic N) is 2. The van der Waals surface area contributed by atoms with Crippen LogP contribution in [0.5, 0.6) is 5.75 Å². The highest BCUT2D eigenvalue weighted by Crippen LogP contribution is 2.37. The minimum atomic E-state index is -4.63. The average Bonchev–Trinajstić information content (AvgIpc) is 3.35. The van der Waals surface area contributed by atoms with Crippen LogP contribution >= 0.6 is 0 Å². The number of alkyl halides is 3. The van der Waals surface area contributed by atoms with Crippen LogP contribution in [-0.2, 0) is 12.7 Å². The smallest absolute Gasteiger partial charge is 0.433 e. The van der Waals surface area contributed by atoms with Gasteiger partial charge in [0.2, 0.25) is 5.89 Å². The number of aromatic nitrogens is 2. The molecule has 38 heavy (non-hydrogen) atoms. The van der Waals surface area contributed by atoms with Crippen molar-refractivity contribution in [1.82, 2.24) is 15.3 Å². The maximum atomic E-state index is 13.3. The standard InChI is InChI=1S/C28H23F3N4O3/c1-15(17-8-7-16-5-3-4-6-18(16)13-17)33-26(36)25-22(14-32)38-27(35-25)20-9-11-21(37-2)24-19(20)10-12-23(34-24)28(29,30)31/h3-13,15H,14,32H2,1-2H3,(H,33,36)/t15-/m1/s1. The summed E-state index contributed by atoms with van der Waals surface area (Å²) in [6.07, 6.45) is -4.63. The third-order valence-corrected chi connectivity index (χ3v) is 6.28. The van der Waals surface area contributed by atoms with E-state index in [9.17, 15) is 18.0 Å². The van der Waals surface area contributed by atoms with Crippen LogP contribution < -0.4 is 15.8 Å². The number of pyridine rings is 1. The van der Waals surface area contributed by atoms with Gasteiger partial charge >= 0.3 is 6.18 Å². The molecule has 0 unspecified atom stereocenters. The molecule has 3 aromatic carbocycles. The summed E-state index contributed by atoms with van der Waals surface area (Å²) >= 11 is 0. The summed E-state index contributed by atoms with van der Waals surface area (Å²) in [6, 6.07) is 18.7. The molecule has 0 aliphatic rings. The van der Waals surface area contributed by atoms with Crippen molar-refractivity contribution in [2.75, 3.05) is 7.11 Å². The molecule has 3 N–H and O–H groups in total. The number of methoxy groups -OCH3 is 1. The molecule has 0 fully saturated rings. The predicted octanol–water partition coefficient (Wildman–Crippen LogP) is 6.02. The van der Waals surface area contributed by atoms with Gasteiger partial charge < -0.3 is 20.2 Å². The number of carbonyl (C=O) groups excluding carboxylic acids is 1. The van der Waals surface area contributed by atoms with Crippen LogP contribution in [0.25, 0.3) is 33.1 Å². The van der Waals surface area contributed by atoms with E-state index in [0.29, 0.717) is 10.9 Å². The second-order valence-electron chi connectivity index (χ2n) is 8.70. The Kier molecular flexibility index (Phi) is 6.50. The Morgan fingerprint density at radius 1 is 1.05 bits per heavy atom. The van der Waals surface area contributed by atoms with Gasteiger partial charge in [0.15, 0.2) is 11.5 Å². The first kappa shape index (κ1) is 25.2. The van der Waals surface area contributed by atoms with Crippen molar-refractivity contribution in [3.05, 3.63) is 89.4 Å².